The fourth-order valence-corrected chi connectivity index (χ4v) is 1.35. The highest BCUT2D eigenvalue weighted by molar-refractivity contribution is 5.96. The van der Waals surface area contributed by atoms with Gasteiger partial charge in [-0.3, -0.25) is 14.9 Å². The Hall–Kier alpha value is -1.95. The number of amides is 1. The molecule has 2 N–H and O–H groups in total. The zero-order chi connectivity index (χ0) is 13.0. The van der Waals surface area contributed by atoms with Crippen molar-refractivity contribution in [2.24, 2.45) is 5.73 Å². The van der Waals surface area contributed by atoms with Gasteiger partial charge in [-0.15, -0.1) is 0 Å². The molecule has 0 spiro atoms. The number of rotatable bonds is 4. The minimum Gasteiger partial charge on any atom is -0.320 e. The Labute approximate surface area is 99.2 Å². The van der Waals surface area contributed by atoms with Crippen molar-refractivity contribution in [2.75, 3.05) is 11.9 Å². The van der Waals surface area contributed by atoms with Crippen molar-refractivity contribution < 1.29 is 9.72 Å². The summed E-state index contributed by atoms with van der Waals surface area (Å²) >= 11 is 0. The van der Waals surface area contributed by atoms with Gasteiger partial charge in [0.25, 0.3) is 5.69 Å². The lowest BCUT2D eigenvalue weighted by Crippen LogP contribution is -2.41. The van der Waals surface area contributed by atoms with E-state index in [9.17, 15) is 14.9 Å². The first-order valence-electron chi connectivity index (χ1n) is 5.25. The summed E-state index contributed by atoms with van der Waals surface area (Å²) in [4.78, 5) is 23.2. The zero-order valence-corrected chi connectivity index (χ0v) is 9.79. The van der Waals surface area contributed by atoms with E-state index in [2.05, 4.69) is 0 Å². The van der Waals surface area contributed by atoms with Gasteiger partial charge in [0.2, 0.25) is 5.91 Å². The summed E-state index contributed by atoms with van der Waals surface area (Å²) in [6, 6.07) is 5.22. The second-order valence-electron chi connectivity index (χ2n) is 3.69. The van der Waals surface area contributed by atoms with Crippen LogP contribution in [0.4, 0.5) is 11.4 Å². The minimum absolute atomic E-state index is 0.00520. The average Bonchev–Trinajstić information content (AvgIpc) is 2.36. The number of nitro benzene ring substituents is 1. The third-order valence-corrected chi connectivity index (χ3v) is 2.54. The van der Waals surface area contributed by atoms with Gasteiger partial charge in [-0.2, -0.15) is 0 Å². The monoisotopic (exact) mass is 237 g/mol. The number of benzene rings is 1. The maximum atomic E-state index is 11.8. The second-order valence-corrected chi connectivity index (χ2v) is 3.69. The molecule has 0 aromatic heterocycles. The highest BCUT2D eigenvalue weighted by Crippen LogP contribution is 2.18. The molecule has 0 bridgehead atoms. The number of carbonyl (C=O) groups excluding carboxylic acids is 1. The molecular formula is C11H15N3O3. The summed E-state index contributed by atoms with van der Waals surface area (Å²) in [5.74, 6) is -0.207. The first kappa shape index (κ1) is 13.1. The van der Waals surface area contributed by atoms with Crippen LogP contribution < -0.4 is 10.6 Å². The van der Waals surface area contributed by atoms with Crippen LogP contribution in [0.15, 0.2) is 24.3 Å². The molecule has 0 saturated carbocycles. The molecule has 6 heteroatoms. The van der Waals surface area contributed by atoms with Gasteiger partial charge in [-0.1, -0.05) is 6.92 Å². The molecule has 92 valence electrons. The van der Waals surface area contributed by atoms with Crippen LogP contribution in [-0.4, -0.2) is 23.9 Å². The molecule has 0 aliphatic carbocycles. The number of hydrogen-bond donors (Lipinski definition) is 1. The van der Waals surface area contributed by atoms with Crippen LogP contribution in [0.5, 0.6) is 0 Å². The van der Waals surface area contributed by atoms with E-state index in [4.69, 9.17) is 5.73 Å². The normalized spacial score (nSPS) is 11.9. The molecule has 1 atom stereocenters. The Bertz CT molecular complexity index is 416. The molecule has 1 amide bonds. The van der Waals surface area contributed by atoms with Gasteiger partial charge in [-0.05, 0) is 18.6 Å². The van der Waals surface area contributed by atoms with E-state index in [1.807, 2.05) is 6.92 Å². The lowest BCUT2D eigenvalue weighted by Gasteiger charge is -2.20. The number of likely N-dealkylation sites (N-methyl/N-ethyl adjacent to an activating group) is 1. The zero-order valence-electron chi connectivity index (χ0n) is 9.79. The standard InChI is InChI=1S/C11H15N3O3/c1-3-10(12)11(15)13(2)8-4-6-9(7-5-8)14(16)17/h4-7,10H,3,12H2,1-2H3. The SMILES string of the molecule is CCC(N)C(=O)N(C)c1ccc([N+](=O)[O-])cc1. The van der Waals surface area contributed by atoms with Crippen LogP contribution in [0.25, 0.3) is 0 Å². The first-order valence-corrected chi connectivity index (χ1v) is 5.25. The van der Waals surface area contributed by atoms with E-state index < -0.39 is 11.0 Å². The molecule has 0 saturated heterocycles. The van der Waals surface area contributed by atoms with E-state index in [0.29, 0.717) is 12.1 Å². The fourth-order valence-electron chi connectivity index (χ4n) is 1.35. The molecule has 0 radical (unpaired) electrons. The van der Waals surface area contributed by atoms with Crippen molar-refractivity contribution in [3.8, 4) is 0 Å². The molecule has 0 aliphatic rings. The average molecular weight is 237 g/mol. The number of nitro groups is 1. The highest BCUT2D eigenvalue weighted by atomic mass is 16.6. The molecule has 6 nitrogen and oxygen atoms in total. The Balaban J connectivity index is 2.86. The number of carbonyl (C=O) groups is 1. The summed E-state index contributed by atoms with van der Waals surface area (Å²) in [6.07, 6.45) is 0.552. The summed E-state index contributed by atoms with van der Waals surface area (Å²) in [5, 5.41) is 10.5. The van der Waals surface area contributed by atoms with E-state index >= 15 is 0 Å². The number of non-ortho nitro benzene ring substituents is 1. The summed E-state index contributed by atoms with van der Waals surface area (Å²) in [6.45, 7) is 1.83. The van der Waals surface area contributed by atoms with Crippen LogP contribution in [0.3, 0.4) is 0 Å². The van der Waals surface area contributed by atoms with E-state index in [1.165, 1.54) is 29.2 Å². The van der Waals surface area contributed by atoms with Crippen molar-refractivity contribution in [1.29, 1.82) is 0 Å². The van der Waals surface area contributed by atoms with Gasteiger partial charge in [0.05, 0.1) is 11.0 Å². The Morgan fingerprint density at radius 3 is 2.41 bits per heavy atom. The fraction of sp³-hybridized carbons (Fsp3) is 0.364. The first-order chi connectivity index (χ1) is 7.97. The van der Waals surface area contributed by atoms with Crippen molar-refractivity contribution in [1.82, 2.24) is 0 Å². The smallest absolute Gasteiger partial charge is 0.269 e. The van der Waals surface area contributed by atoms with Crippen LogP contribution in [0.1, 0.15) is 13.3 Å². The predicted octanol–water partition coefficient (Wildman–Crippen LogP) is 1.29. The van der Waals surface area contributed by atoms with E-state index in [-0.39, 0.29) is 11.6 Å². The van der Waals surface area contributed by atoms with Gasteiger partial charge in [0, 0.05) is 24.9 Å². The molecular weight excluding hydrogens is 222 g/mol. The van der Waals surface area contributed by atoms with Crippen LogP contribution in [-0.2, 0) is 4.79 Å². The summed E-state index contributed by atoms with van der Waals surface area (Å²) in [7, 11) is 1.60. The highest BCUT2D eigenvalue weighted by Gasteiger charge is 2.17. The van der Waals surface area contributed by atoms with Crippen molar-refractivity contribution in [3.05, 3.63) is 34.4 Å². The maximum absolute atomic E-state index is 11.8. The lowest BCUT2D eigenvalue weighted by atomic mass is 10.2. The third-order valence-electron chi connectivity index (χ3n) is 2.54. The number of nitrogens with zero attached hydrogens (tertiary/aromatic N) is 2. The molecule has 0 heterocycles. The van der Waals surface area contributed by atoms with Gasteiger partial charge >= 0.3 is 0 Å². The Morgan fingerprint density at radius 1 is 1.47 bits per heavy atom. The lowest BCUT2D eigenvalue weighted by molar-refractivity contribution is -0.384. The van der Waals surface area contributed by atoms with Gasteiger partial charge < -0.3 is 10.6 Å². The molecule has 0 aliphatic heterocycles. The van der Waals surface area contributed by atoms with Gasteiger partial charge in [0.1, 0.15) is 0 Å². The largest absolute Gasteiger partial charge is 0.320 e. The molecule has 0 fully saturated rings. The molecule has 1 rings (SSSR count). The van der Waals surface area contributed by atoms with E-state index in [0.717, 1.165) is 0 Å². The second kappa shape index (κ2) is 5.40. The van der Waals surface area contributed by atoms with Crippen molar-refractivity contribution in [2.45, 2.75) is 19.4 Å². The van der Waals surface area contributed by atoms with Crippen LogP contribution >= 0.6 is 0 Å². The summed E-state index contributed by atoms with van der Waals surface area (Å²) in [5.41, 5.74) is 6.22. The molecule has 1 aromatic carbocycles. The number of nitrogens with two attached hydrogens (primary N) is 1. The number of anilines is 1. The van der Waals surface area contributed by atoms with Crippen molar-refractivity contribution >= 4 is 17.3 Å². The molecule has 1 unspecified atom stereocenters. The topological polar surface area (TPSA) is 89.5 Å². The summed E-state index contributed by atoms with van der Waals surface area (Å²) < 4.78 is 0. The van der Waals surface area contributed by atoms with Gasteiger partial charge in [0.15, 0.2) is 0 Å². The van der Waals surface area contributed by atoms with Crippen molar-refractivity contribution in [3.63, 3.8) is 0 Å². The molecule has 17 heavy (non-hydrogen) atoms. The van der Waals surface area contributed by atoms with Crippen LogP contribution in [0, 0.1) is 10.1 Å². The third kappa shape index (κ3) is 3.01. The quantitative estimate of drug-likeness (QED) is 0.631. The minimum atomic E-state index is -0.546. The molecule has 1 aromatic rings. The Kier molecular flexibility index (Phi) is 4.17. The Morgan fingerprint density at radius 2 is 2.00 bits per heavy atom. The van der Waals surface area contributed by atoms with Gasteiger partial charge in [-0.25, -0.2) is 0 Å². The van der Waals surface area contributed by atoms with Crippen LogP contribution in [0.2, 0.25) is 0 Å². The number of hydrogen-bond acceptors (Lipinski definition) is 4. The van der Waals surface area contributed by atoms with E-state index in [1.54, 1.807) is 7.05 Å². The predicted molar refractivity (Wildman–Crippen MR) is 64.8 cm³/mol. The maximum Gasteiger partial charge on any atom is 0.269 e.